The summed E-state index contributed by atoms with van der Waals surface area (Å²) in [5.74, 6) is -1.06. The number of carboxylic acid groups (broad SMARTS) is 1. The Bertz CT molecular complexity index is 290. The summed E-state index contributed by atoms with van der Waals surface area (Å²) in [7, 11) is 0. The molecule has 0 radical (unpaired) electrons. The summed E-state index contributed by atoms with van der Waals surface area (Å²) in [4.78, 5) is 22.7. The van der Waals surface area contributed by atoms with Gasteiger partial charge in [0, 0.05) is 6.04 Å². The van der Waals surface area contributed by atoms with Crippen molar-refractivity contribution in [1.29, 1.82) is 0 Å². The number of rotatable bonds is 3. The van der Waals surface area contributed by atoms with Crippen molar-refractivity contribution in [3.8, 4) is 0 Å². The van der Waals surface area contributed by atoms with Crippen molar-refractivity contribution in [3.63, 3.8) is 0 Å². The summed E-state index contributed by atoms with van der Waals surface area (Å²) in [6.45, 7) is 2.09. The van der Waals surface area contributed by atoms with Gasteiger partial charge < -0.3 is 10.4 Å². The van der Waals surface area contributed by atoms with Gasteiger partial charge >= 0.3 is 5.97 Å². The standard InChI is InChI=1S/C11H17NO3/c1-6-5-9(6)12-10(13)7-3-2-4-8(7)11(14)15/h6-9H,2-5H2,1H3,(H,12,13)(H,14,15)/t6?,7-,8+,9?/m1/s1. The van der Waals surface area contributed by atoms with Crippen molar-refractivity contribution in [2.75, 3.05) is 0 Å². The molecule has 2 N–H and O–H groups in total. The molecule has 0 heterocycles. The average Bonchev–Trinajstić information content (AvgIpc) is 2.71. The van der Waals surface area contributed by atoms with Crippen molar-refractivity contribution in [3.05, 3.63) is 0 Å². The number of carboxylic acids is 1. The fourth-order valence-electron chi connectivity index (χ4n) is 2.38. The van der Waals surface area contributed by atoms with Gasteiger partial charge in [0.25, 0.3) is 0 Å². The number of carbonyl (C=O) groups is 2. The minimum absolute atomic E-state index is 0.0470. The number of nitrogens with one attached hydrogen (secondary N) is 1. The van der Waals surface area contributed by atoms with Crippen molar-refractivity contribution in [1.82, 2.24) is 5.32 Å². The van der Waals surface area contributed by atoms with Crippen molar-refractivity contribution in [2.24, 2.45) is 17.8 Å². The molecule has 0 saturated heterocycles. The lowest BCUT2D eigenvalue weighted by molar-refractivity contribution is -0.146. The van der Waals surface area contributed by atoms with Gasteiger partial charge in [0.05, 0.1) is 11.8 Å². The highest BCUT2D eigenvalue weighted by atomic mass is 16.4. The van der Waals surface area contributed by atoms with Crippen molar-refractivity contribution < 1.29 is 14.7 Å². The van der Waals surface area contributed by atoms with Crippen LogP contribution in [0.25, 0.3) is 0 Å². The van der Waals surface area contributed by atoms with E-state index in [0.717, 1.165) is 19.3 Å². The van der Waals surface area contributed by atoms with E-state index in [1.807, 2.05) is 0 Å². The van der Waals surface area contributed by atoms with Gasteiger partial charge in [-0.1, -0.05) is 13.3 Å². The first-order valence-corrected chi connectivity index (χ1v) is 5.62. The highest BCUT2D eigenvalue weighted by Gasteiger charge is 2.41. The second-order valence-corrected chi connectivity index (χ2v) is 4.81. The molecule has 2 aliphatic rings. The van der Waals surface area contributed by atoms with Crippen LogP contribution in [-0.2, 0) is 9.59 Å². The maximum atomic E-state index is 11.8. The third-order valence-corrected chi connectivity index (χ3v) is 3.61. The van der Waals surface area contributed by atoms with Crippen molar-refractivity contribution >= 4 is 11.9 Å². The molecule has 2 rings (SSSR count). The van der Waals surface area contributed by atoms with Gasteiger partial charge in [-0.3, -0.25) is 9.59 Å². The Morgan fingerprint density at radius 1 is 1.27 bits per heavy atom. The Balaban J connectivity index is 1.91. The summed E-state index contributed by atoms with van der Waals surface area (Å²) in [6, 6.07) is 0.299. The molecule has 4 nitrogen and oxygen atoms in total. The second-order valence-electron chi connectivity index (χ2n) is 4.81. The molecule has 0 aromatic heterocycles. The predicted molar refractivity (Wildman–Crippen MR) is 54.2 cm³/mol. The van der Waals surface area contributed by atoms with E-state index in [1.165, 1.54) is 0 Å². The monoisotopic (exact) mass is 211 g/mol. The van der Waals surface area contributed by atoms with Crippen LogP contribution < -0.4 is 5.32 Å². The summed E-state index contributed by atoms with van der Waals surface area (Å²) >= 11 is 0. The summed E-state index contributed by atoms with van der Waals surface area (Å²) < 4.78 is 0. The Morgan fingerprint density at radius 2 is 1.87 bits per heavy atom. The topological polar surface area (TPSA) is 66.4 Å². The van der Waals surface area contributed by atoms with Crippen LogP contribution in [0.15, 0.2) is 0 Å². The minimum atomic E-state index is -0.823. The number of aliphatic carboxylic acids is 1. The molecule has 4 atom stereocenters. The third kappa shape index (κ3) is 2.13. The smallest absolute Gasteiger partial charge is 0.307 e. The highest BCUT2D eigenvalue weighted by molar-refractivity contribution is 5.85. The molecule has 2 unspecified atom stereocenters. The molecule has 1 amide bonds. The molecule has 84 valence electrons. The Labute approximate surface area is 89.0 Å². The molecule has 2 aliphatic carbocycles. The zero-order chi connectivity index (χ0) is 11.0. The normalized spacial score (nSPS) is 38.7. The van der Waals surface area contributed by atoms with E-state index >= 15 is 0 Å². The number of amides is 1. The first-order valence-electron chi connectivity index (χ1n) is 5.62. The molecule has 15 heavy (non-hydrogen) atoms. The molecule has 2 saturated carbocycles. The lowest BCUT2D eigenvalue weighted by Gasteiger charge is -2.15. The first kappa shape index (κ1) is 10.5. The lowest BCUT2D eigenvalue weighted by atomic mass is 9.95. The van der Waals surface area contributed by atoms with Crippen LogP contribution in [0.3, 0.4) is 0 Å². The summed E-state index contributed by atoms with van der Waals surface area (Å²) in [5, 5.41) is 11.9. The Hall–Kier alpha value is -1.06. The zero-order valence-corrected chi connectivity index (χ0v) is 8.90. The maximum Gasteiger partial charge on any atom is 0.307 e. The third-order valence-electron chi connectivity index (χ3n) is 3.61. The van der Waals surface area contributed by atoms with Gasteiger partial charge in [-0.2, -0.15) is 0 Å². The SMILES string of the molecule is CC1CC1NC(=O)[C@@H]1CCC[C@@H]1C(=O)O. The van der Waals surface area contributed by atoms with Crippen LogP contribution in [0.4, 0.5) is 0 Å². The quantitative estimate of drug-likeness (QED) is 0.732. The van der Waals surface area contributed by atoms with E-state index in [2.05, 4.69) is 12.2 Å². The maximum absolute atomic E-state index is 11.8. The molecular weight excluding hydrogens is 194 g/mol. The van der Waals surface area contributed by atoms with Gasteiger partial charge in [0.2, 0.25) is 5.91 Å². The van der Waals surface area contributed by atoms with Crippen LogP contribution in [0.1, 0.15) is 32.6 Å². The van der Waals surface area contributed by atoms with Gasteiger partial charge in [-0.25, -0.2) is 0 Å². The molecule has 4 heteroatoms. The molecule has 0 spiro atoms. The Kier molecular flexibility index (Phi) is 2.67. The van der Waals surface area contributed by atoms with Crippen LogP contribution >= 0.6 is 0 Å². The van der Waals surface area contributed by atoms with Crippen LogP contribution in [0, 0.1) is 17.8 Å². The fraction of sp³-hybridized carbons (Fsp3) is 0.818. The average molecular weight is 211 g/mol. The minimum Gasteiger partial charge on any atom is -0.481 e. The first-order chi connectivity index (χ1) is 7.09. The highest BCUT2D eigenvalue weighted by Crippen LogP contribution is 2.34. The molecule has 0 bridgehead atoms. The van der Waals surface area contributed by atoms with E-state index in [9.17, 15) is 9.59 Å². The number of hydrogen-bond acceptors (Lipinski definition) is 2. The van der Waals surface area contributed by atoms with Crippen LogP contribution in [0.2, 0.25) is 0 Å². The van der Waals surface area contributed by atoms with E-state index in [-0.39, 0.29) is 11.8 Å². The molecule has 0 aliphatic heterocycles. The van der Waals surface area contributed by atoms with Gasteiger partial charge in [0.15, 0.2) is 0 Å². The molecule has 0 aromatic carbocycles. The summed E-state index contributed by atoms with van der Waals surface area (Å²) in [6.07, 6.45) is 3.27. The fourth-order valence-corrected chi connectivity index (χ4v) is 2.38. The number of hydrogen-bond donors (Lipinski definition) is 2. The Morgan fingerprint density at radius 3 is 2.40 bits per heavy atom. The van der Waals surface area contributed by atoms with Gasteiger partial charge in [-0.05, 0) is 25.2 Å². The van der Waals surface area contributed by atoms with E-state index in [4.69, 9.17) is 5.11 Å². The predicted octanol–water partition coefficient (Wildman–Crippen LogP) is 1.01. The van der Waals surface area contributed by atoms with Crippen molar-refractivity contribution in [2.45, 2.75) is 38.6 Å². The van der Waals surface area contributed by atoms with Gasteiger partial charge in [-0.15, -0.1) is 0 Å². The molecule has 2 fully saturated rings. The van der Waals surface area contributed by atoms with E-state index < -0.39 is 11.9 Å². The zero-order valence-electron chi connectivity index (χ0n) is 8.90. The van der Waals surface area contributed by atoms with Crippen LogP contribution in [-0.4, -0.2) is 23.0 Å². The molecule has 0 aromatic rings. The largest absolute Gasteiger partial charge is 0.481 e. The van der Waals surface area contributed by atoms with E-state index in [1.54, 1.807) is 0 Å². The number of carbonyl (C=O) groups excluding carboxylic acids is 1. The second kappa shape index (κ2) is 3.83. The van der Waals surface area contributed by atoms with Crippen LogP contribution in [0.5, 0.6) is 0 Å². The van der Waals surface area contributed by atoms with E-state index in [0.29, 0.717) is 18.4 Å². The molecular formula is C11H17NO3. The lowest BCUT2D eigenvalue weighted by Crippen LogP contribution is -2.36. The van der Waals surface area contributed by atoms with Gasteiger partial charge in [0.1, 0.15) is 0 Å². The summed E-state index contributed by atoms with van der Waals surface area (Å²) in [5.41, 5.74) is 0.